The maximum atomic E-state index is 12.5. The average Bonchev–Trinajstić information content (AvgIpc) is 3.03. The fourth-order valence-corrected chi connectivity index (χ4v) is 3.77. The molecule has 1 saturated carbocycles. The number of rotatable bonds is 1. The first-order valence-corrected chi connectivity index (χ1v) is 6.34. The van der Waals surface area contributed by atoms with Gasteiger partial charge in [-0.3, -0.25) is 4.79 Å². The van der Waals surface area contributed by atoms with Crippen molar-refractivity contribution in [2.45, 2.75) is 6.42 Å². The van der Waals surface area contributed by atoms with E-state index in [-0.39, 0.29) is 5.92 Å². The zero-order valence-electron chi connectivity index (χ0n) is 9.54. The van der Waals surface area contributed by atoms with Gasteiger partial charge in [0.1, 0.15) is 0 Å². The third-order valence-electron chi connectivity index (χ3n) is 4.53. The van der Waals surface area contributed by atoms with E-state index in [9.17, 15) is 4.79 Å². The molecule has 0 amide bonds. The summed E-state index contributed by atoms with van der Waals surface area (Å²) < 4.78 is 0. The number of fused-ring (bicyclic) bond motifs is 5. The molecule has 1 nitrogen and oxygen atoms in total. The topological polar surface area (TPSA) is 17.1 Å². The van der Waals surface area contributed by atoms with Crippen LogP contribution in [0.2, 0.25) is 0 Å². The van der Waals surface area contributed by atoms with E-state index in [1.54, 1.807) is 0 Å². The lowest BCUT2D eigenvalue weighted by Gasteiger charge is -2.17. The molecule has 3 aliphatic rings. The summed E-state index contributed by atoms with van der Waals surface area (Å²) in [5.74, 6) is 2.23. The lowest BCUT2D eigenvalue weighted by Crippen LogP contribution is -2.20. The van der Waals surface area contributed by atoms with Crippen molar-refractivity contribution in [3.63, 3.8) is 0 Å². The van der Waals surface area contributed by atoms with E-state index in [0.29, 0.717) is 23.5 Å². The zero-order valence-corrected chi connectivity index (χ0v) is 9.54. The summed E-state index contributed by atoms with van der Waals surface area (Å²) in [5.41, 5.74) is 2.05. The van der Waals surface area contributed by atoms with Gasteiger partial charge in [-0.25, -0.2) is 0 Å². The molecule has 1 heteroatoms. The molecule has 0 N–H and O–H groups in total. The van der Waals surface area contributed by atoms with Crippen LogP contribution in [0, 0.1) is 23.7 Å². The molecule has 0 aromatic heterocycles. The monoisotopic (exact) mass is 222 g/mol. The van der Waals surface area contributed by atoms with Crippen molar-refractivity contribution in [1.82, 2.24) is 0 Å². The van der Waals surface area contributed by atoms with Crippen molar-refractivity contribution >= 4 is 11.4 Å². The minimum absolute atomic E-state index is 0.250. The molecular formula is C16H14O. The van der Waals surface area contributed by atoms with Gasteiger partial charge < -0.3 is 0 Å². The van der Waals surface area contributed by atoms with Gasteiger partial charge in [0.2, 0.25) is 0 Å². The summed E-state index contributed by atoms with van der Waals surface area (Å²) in [6.45, 7) is 0. The third-order valence-corrected chi connectivity index (χ3v) is 4.53. The number of carbonyl (C=O) groups is 1. The molecule has 0 spiro atoms. The molecule has 17 heavy (non-hydrogen) atoms. The van der Waals surface area contributed by atoms with E-state index in [1.807, 2.05) is 30.3 Å². The predicted molar refractivity (Wildman–Crippen MR) is 67.1 cm³/mol. The van der Waals surface area contributed by atoms with E-state index < -0.39 is 0 Å². The molecule has 2 bridgehead atoms. The van der Waals surface area contributed by atoms with Crippen molar-refractivity contribution in [2.24, 2.45) is 23.7 Å². The van der Waals surface area contributed by atoms with Gasteiger partial charge in [-0.05, 0) is 29.7 Å². The summed E-state index contributed by atoms with van der Waals surface area (Å²) in [5, 5.41) is 0. The maximum absolute atomic E-state index is 12.5. The van der Waals surface area contributed by atoms with Crippen LogP contribution in [-0.2, 0) is 4.79 Å². The number of allylic oxidation sites excluding steroid dienone is 4. The Morgan fingerprint density at radius 2 is 1.76 bits per heavy atom. The number of benzene rings is 1. The second kappa shape index (κ2) is 3.19. The molecule has 4 rings (SSSR count). The zero-order chi connectivity index (χ0) is 11.4. The molecule has 0 saturated heterocycles. The molecule has 0 radical (unpaired) electrons. The van der Waals surface area contributed by atoms with Crippen molar-refractivity contribution in [3.8, 4) is 0 Å². The quantitative estimate of drug-likeness (QED) is 0.667. The van der Waals surface area contributed by atoms with Gasteiger partial charge in [-0.1, -0.05) is 48.6 Å². The SMILES string of the molecule is O=C1C(c2ccccc2)=C[C@@H]2[C@H]1[C@@H]1C=C[C@H]2C1. The average molecular weight is 222 g/mol. The lowest BCUT2D eigenvalue weighted by molar-refractivity contribution is -0.117. The van der Waals surface area contributed by atoms with Crippen molar-refractivity contribution in [2.75, 3.05) is 0 Å². The summed E-state index contributed by atoms with van der Waals surface area (Å²) in [6, 6.07) is 10.1. The highest BCUT2D eigenvalue weighted by molar-refractivity contribution is 6.24. The van der Waals surface area contributed by atoms with Crippen LogP contribution < -0.4 is 0 Å². The third kappa shape index (κ3) is 1.17. The van der Waals surface area contributed by atoms with Crippen LogP contribution in [-0.4, -0.2) is 5.78 Å². The first-order chi connectivity index (χ1) is 8.34. The van der Waals surface area contributed by atoms with Crippen LogP contribution in [0.25, 0.3) is 5.57 Å². The molecule has 0 heterocycles. The van der Waals surface area contributed by atoms with E-state index in [4.69, 9.17) is 0 Å². The highest BCUT2D eigenvalue weighted by Gasteiger charge is 2.51. The lowest BCUT2D eigenvalue weighted by atomic mass is 9.84. The Balaban J connectivity index is 1.77. The first-order valence-electron chi connectivity index (χ1n) is 6.34. The van der Waals surface area contributed by atoms with Crippen LogP contribution in [0.15, 0.2) is 48.6 Å². The second-order valence-corrected chi connectivity index (χ2v) is 5.36. The van der Waals surface area contributed by atoms with Crippen LogP contribution in [0.1, 0.15) is 12.0 Å². The molecule has 0 unspecified atom stereocenters. The number of Topliss-reactive ketones (excluding diaryl/α,β-unsaturated/α-hetero) is 1. The van der Waals surface area contributed by atoms with E-state index >= 15 is 0 Å². The predicted octanol–water partition coefficient (Wildman–Crippen LogP) is 3.09. The molecule has 4 atom stereocenters. The molecular weight excluding hydrogens is 208 g/mol. The van der Waals surface area contributed by atoms with E-state index in [2.05, 4.69) is 18.2 Å². The van der Waals surface area contributed by atoms with Gasteiger partial charge in [-0.15, -0.1) is 0 Å². The Bertz CT molecular complexity index is 538. The van der Waals surface area contributed by atoms with Crippen LogP contribution in [0.5, 0.6) is 0 Å². The Morgan fingerprint density at radius 1 is 1.00 bits per heavy atom. The number of carbonyl (C=O) groups excluding carboxylic acids is 1. The Labute approximate surface area is 101 Å². The van der Waals surface area contributed by atoms with Gasteiger partial charge in [-0.2, -0.15) is 0 Å². The van der Waals surface area contributed by atoms with Crippen LogP contribution >= 0.6 is 0 Å². The largest absolute Gasteiger partial charge is 0.294 e. The Kier molecular flexibility index (Phi) is 1.77. The van der Waals surface area contributed by atoms with Crippen LogP contribution in [0.3, 0.4) is 0 Å². The van der Waals surface area contributed by atoms with Gasteiger partial charge in [0.15, 0.2) is 5.78 Å². The van der Waals surface area contributed by atoms with E-state index in [1.165, 1.54) is 6.42 Å². The van der Waals surface area contributed by atoms with Gasteiger partial charge in [0.25, 0.3) is 0 Å². The fourth-order valence-electron chi connectivity index (χ4n) is 3.77. The molecule has 1 fully saturated rings. The summed E-state index contributed by atoms with van der Waals surface area (Å²) in [4.78, 5) is 12.5. The van der Waals surface area contributed by atoms with Crippen molar-refractivity contribution in [3.05, 3.63) is 54.1 Å². The highest BCUT2D eigenvalue weighted by Crippen LogP contribution is 2.54. The molecule has 1 aromatic rings. The smallest absolute Gasteiger partial charge is 0.167 e. The number of ketones is 1. The molecule has 0 aliphatic heterocycles. The normalized spacial score (nSPS) is 37.4. The standard InChI is InChI=1S/C16H14O/c17-16-14(10-4-2-1-3-5-10)9-13-11-6-7-12(8-11)15(13)16/h1-7,9,11-13,15H,8H2/t11-,12+,13-,15+/m0/s1. The van der Waals surface area contributed by atoms with Crippen LogP contribution in [0.4, 0.5) is 0 Å². The van der Waals surface area contributed by atoms with Gasteiger partial charge in [0.05, 0.1) is 0 Å². The molecule has 3 aliphatic carbocycles. The Morgan fingerprint density at radius 3 is 2.53 bits per heavy atom. The minimum Gasteiger partial charge on any atom is -0.294 e. The summed E-state index contributed by atoms with van der Waals surface area (Å²) in [6.07, 6.45) is 7.99. The Hall–Kier alpha value is -1.63. The number of hydrogen-bond donors (Lipinski definition) is 0. The minimum atomic E-state index is 0.250. The highest BCUT2D eigenvalue weighted by atomic mass is 16.1. The summed E-state index contributed by atoms with van der Waals surface area (Å²) >= 11 is 0. The maximum Gasteiger partial charge on any atom is 0.167 e. The fraction of sp³-hybridized carbons (Fsp3) is 0.312. The first kappa shape index (κ1) is 9.41. The van der Waals surface area contributed by atoms with Gasteiger partial charge >= 0.3 is 0 Å². The van der Waals surface area contributed by atoms with Gasteiger partial charge in [0, 0.05) is 11.5 Å². The molecule has 84 valence electrons. The van der Waals surface area contributed by atoms with Crippen molar-refractivity contribution < 1.29 is 4.79 Å². The second-order valence-electron chi connectivity index (χ2n) is 5.36. The molecule has 1 aromatic carbocycles. The van der Waals surface area contributed by atoms with Crippen molar-refractivity contribution in [1.29, 1.82) is 0 Å². The van der Waals surface area contributed by atoms with E-state index in [0.717, 1.165) is 11.1 Å². The number of hydrogen-bond acceptors (Lipinski definition) is 1. The summed E-state index contributed by atoms with van der Waals surface area (Å²) in [7, 11) is 0.